The van der Waals surface area contributed by atoms with Gasteiger partial charge in [-0.25, -0.2) is 0 Å². The van der Waals surface area contributed by atoms with E-state index in [0.717, 1.165) is 51.9 Å². The zero-order valence-electron chi connectivity index (χ0n) is 16.5. The van der Waals surface area contributed by atoms with Crippen LogP contribution in [0.3, 0.4) is 0 Å². The van der Waals surface area contributed by atoms with E-state index < -0.39 is 0 Å². The first-order valence-electron chi connectivity index (χ1n) is 10.5. The predicted molar refractivity (Wildman–Crippen MR) is 101 cm³/mol. The zero-order valence-corrected chi connectivity index (χ0v) is 16.5. The second-order valence-corrected chi connectivity index (χ2v) is 8.35. The molecule has 3 fully saturated rings. The Morgan fingerprint density at radius 3 is 2.00 bits per heavy atom. The van der Waals surface area contributed by atoms with E-state index in [-0.39, 0.29) is 24.0 Å². The van der Waals surface area contributed by atoms with Gasteiger partial charge in [0, 0.05) is 32.1 Å². The number of morpholine rings is 1. The lowest BCUT2D eigenvalue weighted by molar-refractivity contribution is -0.145. The lowest BCUT2D eigenvalue weighted by Gasteiger charge is -2.38. The summed E-state index contributed by atoms with van der Waals surface area (Å²) in [5, 5.41) is 0. The molecule has 0 bridgehead atoms. The minimum Gasteiger partial charge on any atom is -0.372 e. The summed E-state index contributed by atoms with van der Waals surface area (Å²) >= 11 is 0. The van der Waals surface area contributed by atoms with Gasteiger partial charge < -0.3 is 14.5 Å². The lowest BCUT2D eigenvalue weighted by Crippen LogP contribution is -2.52. The molecule has 0 radical (unpaired) electrons. The maximum absolute atomic E-state index is 12.8. The molecular formula is C20H35N3O3. The molecule has 6 nitrogen and oxygen atoms in total. The monoisotopic (exact) mass is 365 g/mol. The first-order chi connectivity index (χ1) is 12.5. The largest absolute Gasteiger partial charge is 0.372 e. The van der Waals surface area contributed by atoms with Crippen molar-refractivity contribution >= 4 is 11.8 Å². The Balaban J connectivity index is 1.43. The zero-order chi connectivity index (χ0) is 18.5. The summed E-state index contributed by atoms with van der Waals surface area (Å²) in [5.41, 5.74) is 0. The van der Waals surface area contributed by atoms with Crippen LogP contribution in [0.4, 0.5) is 0 Å². The van der Waals surface area contributed by atoms with Gasteiger partial charge in [-0.3, -0.25) is 14.5 Å². The summed E-state index contributed by atoms with van der Waals surface area (Å²) in [6.07, 6.45) is 6.80. The van der Waals surface area contributed by atoms with E-state index in [2.05, 4.69) is 9.80 Å². The third-order valence-corrected chi connectivity index (χ3v) is 5.99. The molecule has 2 atom stereocenters. The normalized spacial score (nSPS) is 29.5. The molecule has 6 heteroatoms. The summed E-state index contributed by atoms with van der Waals surface area (Å²) in [6, 6.07) is 0. The molecule has 0 aliphatic carbocycles. The van der Waals surface area contributed by atoms with Crippen LogP contribution in [0.2, 0.25) is 0 Å². The van der Waals surface area contributed by atoms with Crippen molar-refractivity contribution in [2.45, 2.75) is 64.6 Å². The van der Waals surface area contributed by atoms with E-state index >= 15 is 0 Å². The summed E-state index contributed by atoms with van der Waals surface area (Å²) in [4.78, 5) is 31.6. The third-order valence-electron chi connectivity index (χ3n) is 5.99. The third kappa shape index (κ3) is 5.19. The molecular weight excluding hydrogens is 330 g/mol. The van der Waals surface area contributed by atoms with Crippen molar-refractivity contribution in [3.63, 3.8) is 0 Å². The Bertz CT molecular complexity index is 473. The van der Waals surface area contributed by atoms with Crippen LogP contribution in [-0.4, -0.2) is 84.5 Å². The number of piperidine rings is 1. The van der Waals surface area contributed by atoms with Crippen molar-refractivity contribution < 1.29 is 14.3 Å². The molecule has 3 aliphatic rings. The number of rotatable bonds is 3. The minimum absolute atomic E-state index is 0.111. The Labute approximate surface area is 157 Å². The van der Waals surface area contributed by atoms with E-state index in [9.17, 15) is 9.59 Å². The molecule has 0 aromatic heterocycles. The van der Waals surface area contributed by atoms with Gasteiger partial charge in [-0.05, 0) is 52.6 Å². The number of likely N-dealkylation sites (tertiary alicyclic amines) is 2. The average Bonchev–Trinajstić information content (AvgIpc) is 2.90. The molecule has 2 unspecified atom stereocenters. The molecule has 2 amide bonds. The lowest BCUT2D eigenvalue weighted by atomic mass is 9.95. The van der Waals surface area contributed by atoms with Crippen molar-refractivity contribution in [2.75, 3.05) is 45.8 Å². The second-order valence-electron chi connectivity index (χ2n) is 8.35. The quantitative estimate of drug-likeness (QED) is 0.764. The Morgan fingerprint density at radius 2 is 1.42 bits per heavy atom. The van der Waals surface area contributed by atoms with E-state index in [1.807, 2.05) is 18.7 Å². The van der Waals surface area contributed by atoms with E-state index in [0.29, 0.717) is 25.5 Å². The van der Waals surface area contributed by atoms with Gasteiger partial charge in [0.05, 0.1) is 18.8 Å². The van der Waals surface area contributed by atoms with Gasteiger partial charge in [-0.1, -0.05) is 12.8 Å². The summed E-state index contributed by atoms with van der Waals surface area (Å²) < 4.78 is 5.71. The topological polar surface area (TPSA) is 53.1 Å². The SMILES string of the molecule is CC1CN(C(=O)CN2CCC(C(=O)N3CCCCCC3)CC2)CC(C)O1. The van der Waals surface area contributed by atoms with Crippen molar-refractivity contribution in [1.29, 1.82) is 0 Å². The fourth-order valence-corrected chi connectivity index (χ4v) is 4.56. The van der Waals surface area contributed by atoms with E-state index in [4.69, 9.17) is 4.74 Å². The number of amides is 2. The molecule has 0 spiro atoms. The highest BCUT2D eigenvalue weighted by molar-refractivity contribution is 5.80. The molecule has 0 aromatic carbocycles. The standard InChI is InChI=1S/C20H35N3O3/c1-16-13-23(14-17(2)26-16)19(24)15-21-11-7-18(8-12-21)20(25)22-9-5-3-4-6-10-22/h16-18H,3-15H2,1-2H3. The van der Waals surface area contributed by atoms with E-state index in [1.54, 1.807) is 0 Å². The Kier molecular flexibility index (Phi) is 6.92. The van der Waals surface area contributed by atoms with Gasteiger partial charge in [-0.15, -0.1) is 0 Å². The first-order valence-corrected chi connectivity index (χ1v) is 10.5. The molecule has 0 aromatic rings. The van der Waals surface area contributed by atoms with Gasteiger partial charge in [0.1, 0.15) is 0 Å². The highest BCUT2D eigenvalue weighted by Crippen LogP contribution is 2.22. The molecule has 148 valence electrons. The van der Waals surface area contributed by atoms with Crippen LogP contribution >= 0.6 is 0 Å². The molecule has 26 heavy (non-hydrogen) atoms. The van der Waals surface area contributed by atoms with Crippen molar-refractivity contribution in [3.8, 4) is 0 Å². The van der Waals surface area contributed by atoms with Crippen LogP contribution in [0.1, 0.15) is 52.4 Å². The predicted octanol–water partition coefficient (Wildman–Crippen LogP) is 1.74. The van der Waals surface area contributed by atoms with E-state index in [1.165, 1.54) is 12.8 Å². The van der Waals surface area contributed by atoms with Gasteiger partial charge in [0.2, 0.25) is 11.8 Å². The van der Waals surface area contributed by atoms with Crippen LogP contribution in [0, 0.1) is 5.92 Å². The second kappa shape index (κ2) is 9.18. The highest BCUT2D eigenvalue weighted by atomic mass is 16.5. The maximum Gasteiger partial charge on any atom is 0.236 e. The Hall–Kier alpha value is -1.14. The molecule has 3 rings (SSSR count). The molecule has 3 heterocycles. The molecule has 0 N–H and O–H groups in total. The van der Waals surface area contributed by atoms with Crippen molar-refractivity contribution in [1.82, 2.24) is 14.7 Å². The van der Waals surface area contributed by atoms with Crippen LogP contribution in [-0.2, 0) is 14.3 Å². The van der Waals surface area contributed by atoms with Gasteiger partial charge in [0.15, 0.2) is 0 Å². The fraction of sp³-hybridized carbons (Fsp3) is 0.900. The molecule has 3 saturated heterocycles. The summed E-state index contributed by atoms with van der Waals surface area (Å²) in [5.74, 6) is 0.709. The van der Waals surface area contributed by atoms with Crippen molar-refractivity contribution in [3.05, 3.63) is 0 Å². The number of hydrogen-bond donors (Lipinski definition) is 0. The van der Waals surface area contributed by atoms with Crippen molar-refractivity contribution in [2.24, 2.45) is 5.92 Å². The smallest absolute Gasteiger partial charge is 0.236 e. The number of carbonyl (C=O) groups is 2. The number of nitrogens with zero attached hydrogens (tertiary/aromatic N) is 3. The van der Waals surface area contributed by atoms with Crippen LogP contribution in [0.5, 0.6) is 0 Å². The maximum atomic E-state index is 12.8. The average molecular weight is 366 g/mol. The minimum atomic E-state index is 0.111. The van der Waals surface area contributed by atoms with Crippen LogP contribution < -0.4 is 0 Å². The highest BCUT2D eigenvalue weighted by Gasteiger charge is 2.31. The summed E-state index contributed by atoms with van der Waals surface area (Å²) in [7, 11) is 0. The van der Waals surface area contributed by atoms with Gasteiger partial charge >= 0.3 is 0 Å². The van der Waals surface area contributed by atoms with Crippen LogP contribution in [0.25, 0.3) is 0 Å². The van der Waals surface area contributed by atoms with Gasteiger partial charge in [0.25, 0.3) is 0 Å². The first kappa shape index (κ1) is 19.6. The fourth-order valence-electron chi connectivity index (χ4n) is 4.56. The molecule has 3 aliphatic heterocycles. The van der Waals surface area contributed by atoms with Gasteiger partial charge in [-0.2, -0.15) is 0 Å². The van der Waals surface area contributed by atoms with Crippen LogP contribution in [0.15, 0.2) is 0 Å². The molecule has 0 saturated carbocycles. The number of carbonyl (C=O) groups excluding carboxylic acids is 2. The number of hydrogen-bond acceptors (Lipinski definition) is 4. The number of ether oxygens (including phenoxy) is 1. The Morgan fingerprint density at radius 1 is 0.846 bits per heavy atom. The summed E-state index contributed by atoms with van der Waals surface area (Å²) in [6.45, 7) is 9.47.